The Labute approximate surface area is 82.7 Å². The second kappa shape index (κ2) is 4.13. The molecular formula is C9H11Cl2N. The van der Waals surface area contributed by atoms with E-state index in [4.69, 9.17) is 23.2 Å². The molecule has 1 aromatic carbocycles. The summed E-state index contributed by atoms with van der Waals surface area (Å²) >= 11 is 11.9. The number of hydrogen-bond acceptors (Lipinski definition) is 1. The number of hydrogen-bond donors (Lipinski definition) is 1. The van der Waals surface area contributed by atoms with Gasteiger partial charge in [-0.1, -0.05) is 35.3 Å². The Bertz CT molecular complexity index is 273. The Balaban J connectivity index is 3.07. The van der Waals surface area contributed by atoms with Crippen LogP contribution in [0, 0.1) is 0 Å². The second-order valence-electron chi connectivity index (χ2n) is 2.65. The summed E-state index contributed by atoms with van der Waals surface area (Å²) < 4.78 is 0. The van der Waals surface area contributed by atoms with E-state index in [1.54, 1.807) is 6.07 Å². The quantitative estimate of drug-likeness (QED) is 0.779. The molecule has 0 fully saturated rings. The van der Waals surface area contributed by atoms with E-state index < -0.39 is 0 Å². The summed E-state index contributed by atoms with van der Waals surface area (Å²) in [7, 11) is 1.89. The Kier molecular flexibility index (Phi) is 3.39. The smallest absolute Gasteiger partial charge is 0.0639 e. The maximum atomic E-state index is 5.99. The first-order chi connectivity index (χ1) is 5.66. The minimum absolute atomic E-state index is 0.233. The van der Waals surface area contributed by atoms with Crippen molar-refractivity contribution >= 4 is 23.2 Å². The first-order valence-electron chi connectivity index (χ1n) is 3.78. The topological polar surface area (TPSA) is 12.0 Å². The number of rotatable bonds is 2. The van der Waals surface area contributed by atoms with E-state index in [1.807, 2.05) is 26.1 Å². The van der Waals surface area contributed by atoms with Crippen LogP contribution >= 0.6 is 23.2 Å². The van der Waals surface area contributed by atoms with Crippen LogP contribution in [0.4, 0.5) is 0 Å². The molecule has 0 spiro atoms. The van der Waals surface area contributed by atoms with Crippen LogP contribution < -0.4 is 5.32 Å². The Morgan fingerprint density at radius 3 is 2.58 bits per heavy atom. The van der Waals surface area contributed by atoms with Gasteiger partial charge in [0.25, 0.3) is 0 Å². The van der Waals surface area contributed by atoms with Gasteiger partial charge in [0.2, 0.25) is 0 Å². The second-order valence-corrected chi connectivity index (χ2v) is 3.44. The number of benzene rings is 1. The van der Waals surface area contributed by atoms with Crippen molar-refractivity contribution in [1.29, 1.82) is 0 Å². The third-order valence-electron chi connectivity index (χ3n) is 1.88. The van der Waals surface area contributed by atoms with E-state index >= 15 is 0 Å². The van der Waals surface area contributed by atoms with Crippen molar-refractivity contribution in [2.75, 3.05) is 7.05 Å². The van der Waals surface area contributed by atoms with Crippen LogP contribution in [0.15, 0.2) is 18.2 Å². The fourth-order valence-electron chi connectivity index (χ4n) is 1.01. The van der Waals surface area contributed by atoms with Gasteiger partial charge in [0.05, 0.1) is 10.0 Å². The lowest BCUT2D eigenvalue weighted by Gasteiger charge is -2.12. The molecule has 3 heteroatoms. The highest BCUT2D eigenvalue weighted by atomic mass is 35.5. The lowest BCUT2D eigenvalue weighted by atomic mass is 10.1. The Morgan fingerprint density at radius 1 is 1.33 bits per heavy atom. The normalized spacial score (nSPS) is 13.0. The summed E-state index contributed by atoms with van der Waals surface area (Å²) in [4.78, 5) is 0. The zero-order chi connectivity index (χ0) is 9.14. The standard InChI is InChI=1S/C9H11Cl2N/c1-6(12-2)7-4-3-5-8(10)9(7)11/h3-6,12H,1-2H3. The molecule has 1 atom stereocenters. The van der Waals surface area contributed by atoms with Gasteiger partial charge in [-0.25, -0.2) is 0 Å². The predicted octanol–water partition coefficient (Wildman–Crippen LogP) is 3.27. The van der Waals surface area contributed by atoms with E-state index in [0.29, 0.717) is 10.0 Å². The van der Waals surface area contributed by atoms with E-state index in [0.717, 1.165) is 5.56 Å². The van der Waals surface area contributed by atoms with Gasteiger partial charge >= 0.3 is 0 Å². The zero-order valence-corrected chi connectivity index (χ0v) is 8.58. The maximum absolute atomic E-state index is 5.99. The van der Waals surface area contributed by atoms with Gasteiger partial charge in [-0.05, 0) is 25.6 Å². The summed E-state index contributed by atoms with van der Waals surface area (Å²) in [5.74, 6) is 0. The average molecular weight is 204 g/mol. The highest BCUT2D eigenvalue weighted by Crippen LogP contribution is 2.29. The van der Waals surface area contributed by atoms with E-state index in [-0.39, 0.29) is 6.04 Å². The molecule has 1 unspecified atom stereocenters. The van der Waals surface area contributed by atoms with Gasteiger partial charge in [-0.3, -0.25) is 0 Å². The Morgan fingerprint density at radius 2 is 2.00 bits per heavy atom. The lowest BCUT2D eigenvalue weighted by molar-refractivity contribution is 0.652. The average Bonchev–Trinajstić information content (AvgIpc) is 2.08. The Hall–Kier alpha value is -0.240. The molecule has 0 aliphatic carbocycles. The van der Waals surface area contributed by atoms with Crippen molar-refractivity contribution in [3.63, 3.8) is 0 Å². The molecule has 1 aromatic rings. The molecule has 66 valence electrons. The van der Waals surface area contributed by atoms with Gasteiger partial charge in [0, 0.05) is 6.04 Å². The third-order valence-corrected chi connectivity index (χ3v) is 2.71. The predicted molar refractivity (Wildman–Crippen MR) is 53.9 cm³/mol. The molecule has 1 N–H and O–H groups in total. The molecule has 0 aliphatic heterocycles. The molecule has 0 amide bonds. The monoisotopic (exact) mass is 203 g/mol. The summed E-state index contributed by atoms with van der Waals surface area (Å²) in [6, 6.07) is 5.89. The van der Waals surface area contributed by atoms with Crippen LogP contribution in [0.3, 0.4) is 0 Å². The van der Waals surface area contributed by atoms with Crippen LogP contribution in [-0.4, -0.2) is 7.05 Å². The zero-order valence-electron chi connectivity index (χ0n) is 7.07. The molecule has 0 radical (unpaired) electrons. The molecule has 12 heavy (non-hydrogen) atoms. The SMILES string of the molecule is CNC(C)c1cccc(Cl)c1Cl. The molecular weight excluding hydrogens is 193 g/mol. The molecule has 0 aromatic heterocycles. The molecule has 0 saturated carbocycles. The van der Waals surface area contributed by atoms with Crippen molar-refractivity contribution in [2.24, 2.45) is 0 Å². The van der Waals surface area contributed by atoms with Crippen molar-refractivity contribution in [3.8, 4) is 0 Å². The van der Waals surface area contributed by atoms with Gasteiger partial charge in [-0.15, -0.1) is 0 Å². The van der Waals surface area contributed by atoms with Gasteiger partial charge in [-0.2, -0.15) is 0 Å². The van der Waals surface area contributed by atoms with Gasteiger partial charge in [0.1, 0.15) is 0 Å². The molecule has 0 heterocycles. The van der Waals surface area contributed by atoms with Crippen molar-refractivity contribution in [3.05, 3.63) is 33.8 Å². The number of nitrogens with one attached hydrogen (secondary N) is 1. The van der Waals surface area contributed by atoms with Gasteiger partial charge in [0.15, 0.2) is 0 Å². The van der Waals surface area contributed by atoms with Crippen molar-refractivity contribution in [1.82, 2.24) is 5.32 Å². The summed E-state index contributed by atoms with van der Waals surface area (Å²) in [5, 5.41) is 4.35. The van der Waals surface area contributed by atoms with E-state index in [9.17, 15) is 0 Å². The fourth-order valence-corrected chi connectivity index (χ4v) is 1.48. The van der Waals surface area contributed by atoms with Crippen LogP contribution in [0.25, 0.3) is 0 Å². The van der Waals surface area contributed by atoms with Crippen LogP contribution in [-0.2, 0) is 0 Å². The molecule has 1 nitrogen and oxygen atoms in total. The van der Waals surface area contributed by atoms with Crippen LogP contribution in [0.1, 0.15) is 18.5 Å². The minimum Gasteiger partial charge on any atom is -0.313 e. The fraction of sp³-hybridized carbons (Fsp3) is 0.333. The summed E-state index contributed by atoms with van der Waals surface area (Å²) in [6.45, 7) is 2.04. The third kappa shape index (κ3) is 1.92. The highest BCUT2D eigenvalue weighted by molar-refractivity contribution is 6.42. The van der Waals surface area contributed by atoms with E-state index in [2.05, 4.69) is 5.32 Å². The highest BCUT2D eigenvalue weighted by Gasteiger charge is 2.08. The lowest BCUT2D eigenvalue weighted by Crippen LogP contribution is -2.12. The van der Waals surface area contributed by atoms with E-state index in [1.165, 1.54) is 0 Å². The van der Waals surface area contributed by atoms with Crippen LogP contribution in [0.5, 0.6) is 0 Å². The summed E-state index contributed by atoms with van der Waals surface area (Å²) in [6.07, 6.45) is 0. The minimum atomic E-state index is 0.233. The molecule has 0 bridgehead atoms. The molecule has 0 saturated heterocycles. The van der Waals surface area contributed by atoms with Gasteiger partial charge < -0.3 is 5.32 Å². The van der Waals surface area contributed by atoms with Crippen molar-refractivity contribution < 1.29 is 0 Å². The number of halogens is 2. The first kappa shape index (κ1) is 9.85. The maximum Gasteiger partial charge on any atom is 0.0639 e. The molecule has 0 aliphatic rings. The van der Waals surface area contributed by atoms with Crippen molar-refractivity contribution in [2.45, 2.75) is 13.0 Å². The summed E-state index contributed by atoms with van der Waals surface area (Å²) in [5.41, 5.74) is 1.03. The largest absolute Gasteiger partial charge is 0.313 e. The first-order valence-corrected chi connectivity index (χ1v) is 4.53. The molecule has 1 rings (SSSR count). The van der Waals surface area contributed by atoms with Crippen LogP contribution in [0.2, 0.25) is 10.0 Å².